The van der Waals surface area contributed by atoms with Gasteiger partial charge >= 0.3 is 0 Å². The zero-order valence-electron chi connectivity index (χ0n) is 16.6. The molecule has 0 aliphatic carbocycles. The van der Waals surface area contributed by atoms with E-state index in [1.807, 2.05) is 32.8 Å². The number of nitrogens with one attached hydrogen (secondary N) is 1. The molecule has 0 spiro atoms. The fraction of sp³-hybridized carbons (Fsp3) is 0.944. The van der Waals surface area contributed by atoms with Crippen LogP contribution in [0.4, 0.5) is 0 Å². The van der Waals surface area contributed by atoms with Crippen molar-refractivity contribution in [2.75, 3.05) is 26.7 Å². The number of hydroxylamine groups is 2. The molecule has 1 amide bonds. The lowest BCUT2D eigenvalue weighted by Gasteiger charge is -2.53. The number of aliphatic hydroxyl groups is 1. The highest BCUT2D eigenvalue weighted by molar-refractivity contribution is 5.80. The lowest BCUT2D eigenvalue weighted by atomic mass is 9.80. The van der Waals surface area contributed by atoms with E-state index in [9.17, 15) is 9.90 Å². The monoisotopic (exact) mass is 343 g/mol. The molecule has 1 unspecified atom stereocenters. The molecule has 1 atom stereocenters. The first-order valence-electron chi connectivity index (χ1n) is 9.11. The lowest BCUT2D eigenvalue weighted by Crippen LogP contribution is -2.63. The first kappa shape index (κ1) is 21.4. The van der Waals surface area contributed by atoms with Crippen molar-refractivity contribution in [3.63, 3.8) is 0 Å². The first-order valence-corrected chi connectivity index (χ1v) is 9.11. The van der Waals surface area contributed by atoms with Gasteiger partial charge in [-0.15, -0.1) is 0 Å². The van der Waals surface area contributed by atoms with Crippen LogP contribution in [0.15, 0.2) is 0 Å². The molecule has 0 aromatic carbocycles. The Morgan fingerprint density at radius 3 is 2.38 bits per heavy atom. The molecule has 142 valence electrons. The molecule has 24 heavy (non-hydrogen) atoms. The average Bonchev–Trinajstić information content (AvgIpc) is 2.45. The minimum Gasteiger partial charge on any atom is -0.393 e. The number of nitrogens with zero attached hydrogens (tertiary/aromatic N) is 2. The summed E-state index contributed by atoms with van der Waals surface area (Å²) in [7, 11) is 2.07. The smallest absolute Gasteiger partial charge is 0.250 e. The van der Waals surface area contributed by atoms with Crippen molar-refractivity contribution in [3.05, 3.63) is 0 Å². The highest BCUT2D eigenvalue weighted by Gasteiger charge is 2.47. The van der Waals surface area contributed by atoms with Gasteiger partial charge < -0.3 is 15.3 Å². The van der Waals surface area contributed by atoms with Crippen molar-refractivity contribution in [1.82, 2.24) is 15.3 Å². The first-order chi connectivity index (χ1) is 11.0. The molecule has 1 saturated heterocycles. The summed E-state index contributed by atoms with van der Waals surface area (Å²) >= 11 is 0. The predicted molar refractivity (Wildman–Crippen MR) is 96.6 cm³/mol. The summed E-state index contributed by atoms with van der Waals surface area (Å²) in [5.74, 6) is -0.0909. The Hall–Kier alpha value is -0.690. The molecule has 0 bridgehead atoms. The van der Waals surface area contributed by atoms with Gasteiger partial charge in [-0.25, -0.2) is 0 Å². The number of carbonyl (C=O) groups excluding carboxylic acids is 1. The van der Waals surface area contributed by atoms with Crippen LogP contribution in [0.5, 0.6) is 0 Å². The van der Waals surface area contributed by atoms with E-state index in [0.29, 0.717) is 19.4 Å². The van der Waals surface area contributed by atoms with Gasteiger partial charge in [-0.2, -0.15) is 5.06 Å². The van der Waals surface area contributed by atoms with Crippen LogP contribution in [0.2, 0.25) is 0 Å². The van der Waals surface area contributed by atoms with Crippen LogP contribution in [-0.2, 0) is 9.63 Å². The topological polar surface area (TPSA) is 65.0 Å². The zero-order chi connectivity index (χ0) is 18.5. The van der Waals surface area contributed by atoms with Crippen LogP contribution >= 0.6 is 0 Å². The molecule has 1 fully saturated rings. The van der Waals surface area contributed by atoms with Crippen molar-refractivity contribution >= 4 is 5.91 Å². The fourth-order valence-corrected chi connectivity index (χ4v) is 3.56. The summed E-state index contributed by atoms with van der Waals surface area (Å²) in [5.41, 5.74) is -0.640. The maximum absolute atomic E-state index is 12.3. The van der Waals surface area contributed by atoms with Crippen molar-refractivity contribution < 1.29 is 14.7 Å². The Morgan fingerprint density at radius 1 is 1.33 bits per heavy atom. The molecule has 6 nitrogen and oxygen atoms in total. The van der Waals surface area contributed by atoms with E-state index < -0.39 is 6.10 Å². The second-order valence-corrected chi connectivity index (χ2v) is 8.27. The van der Waals surface area contributed by atoms with Crippen molar-refractivity contribution in [2.45, 2.75) is 84.1 Å². The van der Waals surface area contributed by atoms with E-state index in [1.165, 1.54) is 0 Å². The van der Waals surface area contributed by atoms with Crippen molar-refractivity contribution in [3.8, 4) is 0 Å². The van der Waals surface area contributed by atoms with Gasteiger partial charge in [0.05, 0.1) is 6.10 Å². The molecule has 0 saturated carbocycles. The summed E-state index contributed by atoms with van der Waals surface area (Å²) in [6, 6.07) is 0. The van der Waals surface area contributed by atoms with Crippen LogP contribution < -0.4 is 5.32 Å². The van der Waals surface area contributed by atoms with Gasteiger partial charge in [-0.1, -0.05) is 6.92 Å². The summed E-state index contributed by atoms with van der Waals surface area (Å²) in [6.45, 7) is 14.7. The molecule has 0 aromatic rings. The number of carbonyl (C=O) groups is 1. The van der Waals surface area contributed by atoms with Crippen LogP contribution in [0.1, 0.15) is 60.8 Å². The van der Waals surface area contributed by atoms with Gasteiger partial charge in [-0.3, -0.25) is 9.63 Å². The number of rotatable bonds is 8. The number of hydrogen-bond donors (Lipinski definition) is 2. The third kappa shape index (κ3) is 5.99. The molecule has 6 heteroatoms. The Bertz CT molecular complexity index is 394. The Morgan fingerprint density at radius 2 is 1.88 bits per heavy atom. The van der Waals surface area contributed by atoms with Gasteiger partial charge in [-0.05, 0) is 74.0 Å². The second-order valence-electron chi connectivity index (χ2n) is 8.27. The Kier molecular flexibility index (Phi) is 7.66. The molecule has 1 heterocycles. The third-order valence-electron chi connectivity index (χ3n) is 4.76. The van der Waals surface area contributed by atoms with Crippen LogP contribution in [0.25, 0.3) is 0 Å². The quantitative estimate of drug-likeness (QED) is 0.658. The maximum Gasteiger partial charge on any atom is 0.250 e. The van der Waals surface area contributed by atoms with Gasteiger partial charge in [0.15, 0.2) is 6.10 Å². The zero-order valence-corrected chi connectivity index (χ0v) is 16.6. The molecule has 1 aliphatic rings. The molecular formula is C18H37N3O3. The molecule has 1 rings (SSSR count). The largest absolute Gasteiger partial charge is 0.393 e. The lowest BCUT2D eigenvalue weighted by molar-refractivity contribution is -0.305. The van der Waals surface area contributed by atoms with Gasteiger partial charge in [0.25, 0.3) is 5.91 Å². The average molecular weight is 344 g/mol. The fourth-order valence-electron chi connectivity index (χ4n) is 3.56. The van der Waals surface area contributed by atoms with E-state index in [2.05, 4.69) is 24.2 Å². The van der Waals surface area contributed by atoms with Crippen LogP contribution in [0.3, 0.4) is 0 Å². The van der Waals surface area contributed by atoms with Crippen LogP contribution in [0, 0.1) is 0 Å². The Balaban J connectivity index is 2.52. The number of hydrogen-bond acceptors (Lipinski definition) is 5. The molecular weight excluding hydrogens is 306 g/mol. The normalized spacial score (nSPS) is 22.5. The molecule has 2 N–H and O–H groups in total. The van der Waals surface area contributed by atoms with Crippen LogP contribution in [-0.4, -0.2) is 70.9 Å². The van der Waals surface area contributed by atoms with Crippen molar-refractivity contribution in [1.29, 1.82) is 0 Å². The van der Waals surface area contributed by atoms with Gasteiger partial charge in [0, 0.05) is 17.6 Å². The van der Waals surface area contributed by atoms with Crippen molar-refractivity contribution in [2.24, 2.45) is 0 Å². The number of aliphatic hydroxyl groups excluding tert-OH is 1. The maximum atomic E-state index is 12.3. The Labute approximate surface area is 147 Å². The molecule has 0 radical (unpaired) electrons. The van der Waals surface area contributed by atoms with E-state index >= 15 is 0 Å². The summed E-state index contributed by atoms with van der Waals surface area (Å²) in [5, 5.41) is 14.9. The molecule has 0 aromatic heterocycles. The highest BCUT2D eigenvalue weighted by Crippen LogP contribution is 2.38. The standard InChI is InChI=1S/C18H37N3O3/c1-8-20(7)11-9-10-19-16(23)14(2)24-21-17(3,4)12-15(22)13-18(21,5)6/h14-15,22H,8-13H2,1-7H3,(H,19,23). The SMILES string of the molecule is CCN(C)CCCNC(=O)C(C)ON1C(C)(C)CC(O)CC1(C)C. The number of piperidine rings is 1. The number of amides is 1. The van der Waals surface area contributed by atoms with E-state index in [1.54, 1.807) is 6.92 Å². The second kappa shape index (κ2) is 8.61. The van der Waals surface area contributed by atoms with Gasteiger partial charge in [0.1, 0.15) is 0 Å². The van der Waals surface area contributed by atoms with E-state index in [0.717, 1.165) is 19.5 Å². The minimum absolute atomic E-state index is 0.0909. The summed E-state index contributed by atoms with van der Waals surface area (Å²) < 4.78 is 0. The van der Waals surface area contributed by atoms with Gasteiger partial charge in [0.2, 0.25) is 0 Å². The highest BCUT2D eigenvalue weighted by atomic mass is 16.7. The van der Waals surface area contributed by atoms with E-state index in [-0.39, 0.29) is 23.1 Å². The predicted octanol–water partition coefficient (Wildman–Crippen LogP) is 1.78. The summed E-state index contributed by atoms with van der Waals surface area (Å²) in [6.07, 6.45) is 1.30. The molecule has 1 aliphatic heterocycles. The third-order valence-corrected chi connectivity index (χ3v) is 4.76. The van der Waals surface area contributed by atoms with E-state index in [4.69, 9.17) is 4.84 Å². The summed E-state index contributed by atoms with van der Waals surface area (Å²) in [4.78, 5) is 20.5. The minimum atomic E-state index is -0.553.